The van der Waals surface area contributed by atoms with Crippen LogP contribution in [-0.2, 0) is 23.7 Å². The van der Waals surface area contributed by atoms with Crippen molar-refractivity contribution in [1.29, 1.82) is 0 Å². The number of carbonyl (C=O) groups excluding carboxylic acids is 1. The summed E-state index contributed by atoms with van der Waals surface area (Å²) in [6.07, 6.45) is 13.1. The molecule has 1 unspecified atom stereocenters. The summed E-state index contributed by atoms with van der Waals surface area (Å²) in [5.41, 5.74) is 4.73. The maximum absolute atomic E-state index is 12.6. The third kappa shape index (κ3) is 6.52. The van der Waals surface area contributed by atoms with Crippen LogP contribution in [0.4, 0.5) is 0 Å². The van der Waals surface area contributed by atoms with Crippen LogP contribution in [0.15, 0.2) is 39.9 Å². The molecular formula is C42H63NO7. The molecule has 6 aliphatic heterocycles. The van der Waals surface area contributed by atoms with E-state index in [1.165, 1.54) is 22.4 Å². The maximum atomic E-state index is 12.6. The summed E-state index contributed by atoms with van der Waals surface area (Å²) in [5.74, 6) is -1.04. The molecule has 1 aliphatic carbocycles. The molecule has 7 rings (SSSR count). The molecule has 278 valence electrons. The average molecular weight is 694 g/mol. The van der Waals surface area contributed by atoms with Crippen molar-refractivity contribution in [2.45, 2.75) is 179 Å². The van der Waals surface area contributed by atoms with Crippen LogP contribution in [0, 0.1) is 29.1 Å². The van der Waals surface area contributed by atoms with Gasteiger partial charge in [0.25, 0.3) is 0 Å². The summed E-state index contributed by atoms with van der Waals surface area (Å²) < 4.78 is 26.2. The Morgan fingerprint density at radius 1 is 0.940 bits per heavy atom. The summed E-state index contributed by atoms with van der Waals surface area (Å²) in [4.78, 5) is 18.0. The van der Waals surface area contributed by atoms with E-state index >= 15 is 0 Å². The van der Waals surface area contributed by atoms with Gasteiger partial charge in [-0.05, 0) is 108 Å². The molecule has 0 amide bonds. The zero-order valence-electron chi connectivity index (χ0n) is 31.6. The number of hydrogen-bond acceptors (Lipinski definition) is 8. The molecule has 6 heterocycles. The molecule has 4 saturated heterocycles. The number of aliphatic hydroxyl groups excluding tert-OH is 1. The monoisotopic (exact) mass is 693 g/mol. The van der Waals surface area contributed by atoms with Crippen molar-refractivity contribution in [2.75, 3.05) is 6.54 Å². The van der Waals surface area contributed by atoms with Gasteiger partial charge in [0, 0.05) is 55.7 Å². The predicted molar refractivity (Wildman–Crippen MR) is 193 cm³/mol. The van der Waals surface area contributed by atoms with E-state index in [9.17, 15) is 15.0 Å². The second kappa shape index (κ2) is 13.5. The topological polar surface area (TPSA) is 107 Å². The first kappa shape index (κ1) is 36.5. The summed E-state index contributed by atoms with van der Waals surface area (Å²) in [5, 5.41) is 23.4. The van der Waals surface area contributed by atoms with E-state index in [-0.39, 0.29) is 41.5 Å². The zero-order valence-corrected chi connectivity index (χ0v) is 31.6. The van der Waals surface area contributed by atoms with Crippen molar-refractivity contribution >= 4 is 11.7 Å². The van der Waals surface area contributed by atoms with Gasteiger partial charge < -0.3 is 29.2 Å². The number of ether oxygens (including phenoxy) is 4. The highest BCUT2D eigenvalue weighted by atomic mass is 16.8. The molecule has 0 aromatic carbocycles. The maximum Gasteiger partial charge on any atom is 0.309 e. The second-order valence-electron chi connectivity index (χ2n) is 17.9. The van der Waals surface area contributed by atoms with Gasteiger partial charge in [0.1, 0.15) is 11.7 Å². The van der Waals surface area contributed by atoms with E-state index in [2.05, 4.69) is 40.3 Å². The third-order valence-corrected chi connectivity index (χ3v) is 14.3. The minimum absolute atomic E-state index is 0.0519. The van der Waals surface area contributed by atoms with Crippen LogP contribution in [0.3, 0.4) is 0 Å². The lowest BCUT2D eigenvalue weighted by Crippen LogP contribution is -2.60. The Hall–Kier alpha value is -1.84. The minimum Gasteiger partial charge on any atom is -0.458 e. The van der Waals surface area contributed by atoms with E-state index in [0.717, 1.165) is 82.7 Å². The summed E-state index contributed by atoms with van der Waals surface area (Å²) in [6.45, 7) is 18.2. The molecule has 4 bridgehead atoms. The van der Waals surface area contributed by atoms with Gasteiger partial charge in [0.15, 0.2) is 5.79 Å². The van der Waals surface area contributed by atoms with Gasteiger partial charge >= 0.3 is 5.97 Å². The van der Waals surface area contributed by atoms with Crippen molar-refractivity contribution < 1.29 is 34.0 Å². The van der Waals surface area contributed by atoms with Crippen LogP contribution in [0.25, 0.3) is 0 Å². The highest BCUT2D eigenvalue weighted by molar-refractivity contribution is 5.92. The fraction of sp³-hybridized carbons (Fsp3) is 0.810. The molecule has 0 aromatic heterocycles. The predicted octanol–water partition coefficient (Wildman–Crippen LogP) is 7.91. The lowest BCUT2D eigenvalue weighted by Gasteiger charge is -2.49. The van der Waals surface area contributed by atoms with Gasteiger partial charge in [0.05, 0.1) is 24.2 Å². The first-order valence-electron chi connectivity index (χ1n) is 19.9. The van der Waals surface area contributed by atoms with Gasteiger partial charge in [-0.25, -0.2) is 0 Å². The van der Waals surface area contributed by atoms with Gasteiger partial charge in [0.2, 0.25) is 5.79 Å². The van der Waals surface area contributed by atoms with Crippen LogP contribution >= 0.6 is 0 Å². The van der Waals surface area contributed by atoms with Crippen molar-refractivity contribution in [3.05, 3.63) is 34.9 Å². The number of cyclic esters (lactones) is 1. The largest absolute Gasteiger partial charge is 0.458 e. The molecule has 0 saturated carbocycles. The molecule has 8 nitrogen and oxygen atoms in total. The number of nitrogens with zero attached hydrogens (tertiary/aromatic N) is 1. The molecule has 0 aromatic rings. The number of fused-ring (bicyclic) bond motifs is 2. The van der Waals surface area contributed by atoms with Gasteiger partial charge in [-0.2, -0.15) is 0 Å². The summed E-state index contributed by atoms with van der Waals surface area (Å²) in [6, 6.07) is 0. The molecule has 8 heteroatoms. The molecule has 0 radical (unpaired) electrons. The number of allylic oxidation sites excluding steroid dienone is 2. The number of esters is 1. The Balaban J connectivity index is 1.26. The number of rotatable bonds is 1. The highest BCUT2D eigenvalue weighted by Gasteiger charge is 2.64. The van der Waals surface area contributed by atoms with E-state index in [0.29, 0.717) is 37.5 Å². The fourth-order valence-corrected chi connectivity index (χ4v) is 10.7. The lowest BCUT2D eigenvalue weighted by atomic mass is 9.56. The third-order valence-electron chi connectivity index (χ3n) is 14.3. The first-order valence-corrected chi connectivity index (χ1v) is 19.9. The minimum atomic E-state index is -1.11. The average Bonchev–Trinajstić information content (AvgIpc) is 3.71. The van der Waals surface area contributed by atoms with Crippen molar-refractivity contribution in [3.8, 4) is 0 Å². The number of hydrogen-bond donors (Lipinski definition) is 2. The van der Waals surface area contributed by atoms with E-state index in [4.69, 9.17) is 23.9 Å². The first-order chi connectivity index (χ1) is 23.6. The quantitative estimate of drug-likeness (QED) is 0.212. The van der Waals surface area contributed by atoms with Crippen molar-refractivity contribution in [1.82, 2.24) is 0 Å². The number of aliphatic hydroxyl groups is 2. The Morgan fingerprint density at radius 2 is 1.72 bits per heavy atom. The Labute approximate surface area is 300 Å². The summed E-state index contributed by atoms with van der Waals surface area (Å²) >= 11 is 0. The number of carbonyl (C=O) groups is 1. The highest BCUT2D eigenvalue weighted by Crippen LogP contribution is 2.56. The van der Waals surface area contributed by atoms with Gasteiger partial charge in [-0.15, -0.1) is 0 Å². The van der Waals surface area contributed by atoms with E-state index in [1.54, 1.807) is 0 Å². The Morgan fingerprint density at radius 3 is 2.48 bits per heavy atom. The zero-order chi connectivity index (χ0) is 35.6. The van der Waals surface area contributed by atoms with Gasteiger partial charge in [-0.3, -0.25) is 9.79 Å². The molecule has 2 N–H and O–H groups in total. The van der Waals surface area contributed by atoms with Gasteiger partial charge in [-0.1, -0.05) is 44.6 Å². The number of aliphatic imine (C=N–C) groups is 1. The Bertz CT molecular complexity index is 1450. The smallest absolute Gasteiger partial charge is 0.309 e. The molecule has 7 aliphatic rings. The van der Waals surface area contributed by atoms with Crippen LogP contribution in [0.2, 0.25) is 0 Å². The van der Waals surface area contributed by atoms with Crippen LogP contribution in [0.1, 0.15) is 138 Å². The van der Waals surface area contributed by atoms with Crippen LogP contribution in [0.5, 0.6) is 0 Å². The Kier molecular flexibility index (Phi) is 9.89. The fourth-order valence-electron chi connectivity index (χ4n) is 10.7. The normalized spacial score (nSPS) is 48.6. The van der Waals surface area contributed by atoms with Crippen molar-refractivity contribution in [2.24, 2.45) is 34.1 Å². The van der Waals surface area contributed by atoms with E-state index < -0.39 is 23.3 Å². The lowest BCUT2D eigenvalue weighted by molar-refractivity contribution is -0.387. The molecule has 3 spiro atoms. The van der Waals surface area contributed by atoms with E-state index in [1.807, 2.05) is 13.8 Å². The van der Waals surface area contributed by atoms with Crippen LogP contribution in [-0.4, -0.2) is 70.0 Å². The molecule has 4 fully saturated rings. The SMILES string of the molecule is C=C1CCCC2=NC[C@H](C)[C@@H](C)C[C@@]23CCC([C@@H]2CC(C)C(=O)O2)=C(C)[C@@H]3/C=C(\C)[C@@H](O)C[C@@H]2CC[C@@]3(CC[C@@]4(O[C@@H](CC[C@@]4(C)O)C1)O3)O2. The second-order valence-corrected chi connectivity index (χ2v) is 17.9. The molecular weight excluding hydrogens is 630 g/mol. The standard InChI is InChI=1S/C42H63NO7/c1-25-9-8-10-37-40(23-28(4)29(5)24-43-37)15-13-33(36-21-27(3)38(45)47-36)30(6)34(40)20-26(2)35(44)22-32-12-16-41(48-32)17-18-42(50-41)39(7,46)14-11-31(19-25)49-42/h20,27-29,31-32,34-36,44,46H,1,8-19,21-24H2,2-7H3/b26-20+/t27?,28-,29-,31-,32-,34-,35-,36-,39+,40+,41+,42+/m0/s1. The molecule has 12 atom stereocenters. The van der Waals surface area contributed by atoms with Crippen LogP contribution < -0.4 is 0 Å². The molecule has 50 heavy (non-hydrogen) atoms. The van der Waals surface area contributed by atoms with Crippen molar-refractivity contribution in [3.63, 3.8) is 0 Å². The summed E-state index contributed by atoms with van der Waals surface area (Å²) in [7, 11) is 0.